The quantitative estimate of drug-likeness (QED) is 0.162. The molecule has 0 aromatic rings. The highest BCUT2D eigenvalue weighted by molar-refractivity contribution is 5.78. The predicted molar refractivity (Wildman–Crippen MR) is 176 cm³/mol. The van der Waals surface area contributed by atoms with Gasteiger partial charge in [0.25, 0.3) is 0 Å². The molecule has 10 nitrogen and oxygen atoms in total. The van der Waals surface area contributed by atoms with E-state index in [0.29, 0.717) is 19.3 Å². The Morgan fingerprint density at radius 1 is 0.750 bits per heavy atom. The fourth-order valence-electron chi connectivity index (χ4n) is 11.8. The second-order valence-electron chi connectivity index (χ2n) is 17.6. The zero-order chi connectivity index (χ0) is 35.5. The first-order chi connectivity index (χ1) is 22.2. The van der Waals surface area contributed by atoms with E-state index in [9.17, 15) is 29.1 Å². The summed E-state index contributed by atoms with van der Waals surface area (Å²) >= 11 is 0. The Morgan fingerprint density at radius 2 is 1.38 bits per heavy atom. The van der Waals surface area contributed by atoms with Crippen LogP contribution in [0.25, 0.3) is 0 Å². The molecule has 0 radical (unpaired) electrons. The van der Waals surface area contributed by atoms with E-state index in [1.807, 2.05) is 6.92 Å². The molecule has 0 saturated heterocycles. The topological polar surface area (TPSA) is 164 Å². The predicted octanol–water partition coefficient (Wildman–Crippen LogP) is 7.04. The highest BCUT2D eigenvalue weighted by atomic mass is 16.6. The van der Waals surface area contributed by atoms with Gasteiger partial charge in [0.05, 0.1) is 31.1 Å². The zero-order valence-corrected chi connectivity index (χ0v) is 29.7. The van der Waals surface area contributed by atoms with E-state index < -0.39 is 46.8 Å². The Hall–Kier alpha value is -2.91. The summed E-state index contributed by atoms with van der Waals surface area (Å²) in [7, 11) is 0. The maximum atomic E-state index is 13.0. The molecule has 0 spiro atoms. The van der Waals surface area contributed by atoms with Gasteiger partial charge < -0.3 is 24.8 Å². The lowest BCUT2D eigenvalue weighted by atomic mass is 9.33. The number of rotatable bonds is 10. The van der Waals surface area contributed by atoms with Crippen LogP contribution in [0.1, 0.15) is 131 Å². The molecule has 0 bridgehead atoms. The lowest BCUT2D eigenvalue weighted by Crippen LogP contribution is -2.66. The van der Waals surface area contributed by atoms with Crippen LogP contribution in [-0.2, 0) is 33.4 Å². The van der Waals surface area contributed by atoms with E-state index in [1.54, 1.807) is 0 Å². The van der Waals surface area contributed by atoms with Crippen LogP contribution in [0.4, 0.5) is 0 Å². The molecule has 268 valence electrons. The van der Waals surface area contributed by atoms with Crippen molar-refractivity contribution in [3.05, 3.63) is 11.6 Å². The number of esters is 2. The zero-order valence-electron chi connectivity index (χ0n) is 29.7. The van der Waals surface area contributed by atoms with Crippen LogP contribution >= 0.6 is 0 Å². The van der Waals surface area contributed by atoms with Gasteiger partial charge in [-0.3, -0.25) is 24.0 Å². The van der Waals surface area contributed by atoms with Gasteiger partial charge in [-0.15, -0.1) is 0 Å². The maximum Gasteiger partial charge on any atom is 0.310 e. The number of hydrogen-bond acceptors (Lipinski definition) is 7. The van der Waals surface area contributed by atoms with Gasteiger partial charge in [0.1, 0.15) is 12.7 Å². The van der Waals surface area contributed by atoms with Crippen LogP contribution in [0.15, 0.2) is 11.6 Å². The third-order valence-electron chi connectivity index (χ3n) is 14.7. The smallest absolute Gasteiger partial charge is 0.310 e. The van der Waals surface area contributed by atoms with E-state index in [2.05, 4.69) is 40.7 Å². The minimum atomic E-state index is -1.08. The Morgan fingerprint density at radius 3 is 2.00 bits per heavy atom. The largest absolute Gasteiger partial charge is 0.481 e. The number of hydrogen-bond donors (Lipinski definition) is 3. The maximum absolute atomic E-state index is 13.0. The van der Waals surface area contributed by atoms with Crippen molar-refractivity contribution in [1.82, 2.24) is 0 Å². The van der Waals surface area contributed by atoms with Gasteiger partial charge in [-0.1, -0.05) is 53.2 Å². The van der Waals surface area contributed by atoms with Crippen LogP contribution in [0.5, 0.6) is 0 Å². The number of ether oxygens (including phenoxy) is 2. The van der Waals surface area contributed by atoms with E-state index in [-0.39, 0.29) is 71.7 Å². The average Bonchev–Trinajstić information content (AvgIpc) is 2.99. The van der Waals surface area contributed by atoms with Crippen LogP contribution in [0.3, 0.4) is 0 Å². The van der Waals surface area contributed by atoms with Crippen molar-refractivity contribution in [2.24, 2.45) is 50.2 Å². The van der Waals surface area contributed by atoms with Crippen molar-refractivity contribution < 1.29 is 48.8 Å². The first-order valence-corrected chi connectivity index (χ1v) is 18.0. The lowest BCUT2D eigenvalue weighted by molar-refractivity contribution is -0.227. The van der Waals surface area contributed by atoms with Gasteiger partial charge in [0.2, 0.25) is 0 Å². The fourth-order valence-corrected chi connectivity index (χ4v) is 11.8. The van der Waals surface area contributed by atoms with Crippen molar-refractivity contribution in [3.63, 3.8) is 0 Å². The average molecular weight is 673 g/mol. The molecule has 0 aliphatic heterocycles. The summed E-state index contributed by atoms with van der Waals surface area (Å²) in [5.41, 5.74) is -0.530. The summed E-state index contributed by atoms with van der Waals surface area (Å²) in [6, 6.07) is 0. The van der Waals surface area contributed by atoms with Gasteiger partial charge in [-0.25, -0.2) is 0 Å². The van der Waals surface area contributed by atoms with Crippen LogP contribution in [0.2, 0.25) is 0 Å². The molecule has 4 saturated carbocycles. The molecule has 0 aromatic heterocycles. The van der Waals surface area contributed by atoms with Gasteiger partial charge in [0, 0.05) is 5.41 Å². The van der Waals surface area contributed by atoms with Crippen LogP contribution < -0.4 is 0 Å². The minimum Gasteiger partial charge on any atom is -0.481 e. The van der Waals surface area contributed by atoms with Crippen molar-refractivity contribution >= 4 is 29.8 Å². The number of fused-ring (bicyclic) bond motifs is 7. The molecule has 0 amide bonds. The number of aliphatic carboxylic acids is 3. The second-order valence-corrected chi connectivity index (χ2v) is 17.6. The highest BCUT2D eigenvalue weighted by Crippen LogP contribution is 2.76. The van der Waals surface area contributed by atoms with E-state index in [4.69, 9.17) is 19.7 Å². The standard InChI is InChI=1S/C38H56O10/c1-33(2)17-19-38(32(45)46)20-18-36(5)23(24(38)21-33)7-8-26-34(3)15-14-27(48-31(44)12-10-29(41)42)35(4,25(34)13-16-37(26,36)6)22-47-30(43)11-9-28(39)40/h7,24-27H,8-22H2,1-6H3,(H,39,40)(H,41,42)(H,45,46)/t24-,25+,26+,27-,34-,35-,36+,37+,38-/m0/s1. The van der Waals surface area contributed by atoms with Gasteiger partial charge in [0.15, 0.2) is 0 Å². The normalized spacial score (nSPS) is 41.2. The molecular formula is C38H56O10. The number of carboxylic acid groups (broad SMARTS) is 3. The molecule has 0 unspecified atom stereocenters. The Labute approximate surface area is 284 Å². The Bertz CT molecular complexity index is 1380. The molecule has 5 aliphatic rings. The Balaban J connectivity index is 1.49. The van der Waals surface area contributed by atoms with Crippen molar-refractivity contribution in [2.45, 2.75) is 138 Å². The summed E-state index contributed by atoms with van der Waals surface area (Å²) in [4.78, 5) is 60.8. The van der Waals surface area contributed by atoms with Crippen molar-refractivity contribution in [2.75, 3.05) is 6.61 Å². The minimum absolute atomic E-state index is 0.00948. The number of allylic oxidation sites excluding steroid dienone is 2. The highest BCUT2D eigenvalue weighted by Gasteiger charge is 2.70. The second kappa shape index (κ2) is 12.4. The molecule has 4 fully saturated rings. The SMILES string of the molecule is CC1(C)CC[C@]2(C(=O)O)CC[C@]3(C)C(=CC[C@@H]4[C@@]5(C)CC[C@H](OC(=O)CCC(=O)O)[C@@](C)(COC(=O)CCC(=O)O)[C@@H]5CC[C@]43C)[C@@H]2C1. The summed E-state index contributed by atoms with van der Waals surface area (Å²) in [5.74, 6) is -3.74. The Kier molecular flexibility index (Phi) is 9.43. The van der Waals surface area contributed by atoms with Crippen LogP contribution in [-0.4, -0.2) is 57.9 Å². The monoisotopic (exact) mass is 672 g/mol. The molecule has 0 heterocycles. The van der Waals surface area contributed by atoms with E-state index >= 15 is 0 Å². The molecular weight excluding hydrogens is 616 g/mol. The molecule has 5 aliphatic carbocycles. The molecule has 9 atom stereocenters. The van der Waals surface area contributed by atoms with Gasteiger partial charge in [-0.05, 0) is 104 Å². The molecule has 0 aromatic carbocycles. The first-order valence-electron chi connectivity index (χ1n) is 18.0. The number of carbonyl (C=O) groups is 5. The third-order valence-corrected chi connectivity index (χ3v) is 14.7. The van der Waals surface area contributed by atoms with E-state index in [1.165, 1.54) is 5.57 Å². The summed E-state index contributed by atoms with van der Waals surface area (Å²) in [5, 5.41) is 28.9. The molecule has 5 rings (SSSR count). The summed E-state index contributed by atoms with van der Waals surface area (Å²) < 4.78 is 11.8. The molecule has 3 N–H and O–H groups in total. The fraction of sp³-hybridized carbons (Fsp3) is 0.816. The first kappa shape index (κ1) is 36.4. The summed E-state index contributed by atoms with van der Waals surface area (Å²) in [6.45, 7) is 13.7. The van der Waals surface area contributed by atoms with Crippen LogP contribution in [0, 0.1) is 50.2 Å². The number of carboxylic acids is 3. The molecule has 10 heteroatoms. The van der Waals surface area contributed by atoms with Gasteiger partial charge in [-0.2, -0.15) is 0 Å². The molecule has 48 heavy (non-hydrogen) atoms. The van der Waals surface area contributed by atoms with Gasteiger partial charge >= 0.3 is 29.8 Å². The van der Waals surface area contributed by atoms with Crippen molar-refractivity contribution in [3.8, 4) is 0 Å². The lowest BCUT2D eigenvalue weighted by Gasteiger charge is -2.71. The van der Waals surface area contributed by atoms with Crippen molar-refractivity contribution in [1.29, 1.82) is 0 Å². The number of carbonyl (C=O) groups excluding carboxylic acids is 2. The van der Waals surface area contributed by atoms with E-state index in [0.717, 1.165) is 44.9 Å². The third kappa shape index (κ3) is 5.86. The summed E-state index contributed by atoms with van der Waals surface area (Å²) in [6.07, 6.45) is 8.52.